The second kappa shape index (κ2) is 5.08. The van der Waals surface area contributed by atoms with Crippen LogP contribution in [0.3, 0.4) is 0 Å². The van der Waals surface area contributed by atoms with E-state index in [1.165, 1.54) is 5.56 Å². The highest BCUT2D eigenvalue weighted by molar-refractivity contribution is 6.32. The number of hydrogen-bond donors (Lipinski definition) is 0. The third-order valence-electron chi connectivity index (χ3n) is 4.04. The number of aromatic nitrogens is 1. The van der Waals surface area contributed by atoms with E-state index in [1.807, 2.05) is 42.5 Å². The van der Waals surface area contributed by atoms with Gasteiger partial charge in [-0.1, -0.05) is 48.0 Å². The average molecular weight is 306 g/mol. The highest BCUT2D eigenvalue weighted by Crippen LogP contribution is 2.35. The molecule has 0 N–H and O–H groups in total. The Balaban J connectivity index is 1.83. The van der Waals surface area contributed by atoms with Crippen molar-refractivity contribution >= 4 is 40.4 Å². The Morgan fingerprint density at radius 1 is 1.09 bits per heavy atom. The van der Waals surface area contributed by atoms with E-state index in [9.17, 15) is 4.79 Å². The van der Waals surface area contributed by atoms with E-state index in [2.05, 4.69) is 17.1 Å². The Labute approximate surface area is 133 Å². The van der Waals surface area contributed by atoms with Crippen LogP contribution in [0.4, 0.5) is 0 Å². The number of nitrogens with zero attached hydrogens (tertiary/aromatic N) is 1. The van der Waals surface area contributed by atoms with Crippen LogP contribution < -0.4 is 0 Å². The summed E-state index contributed by atoms with van der Waals surface area (Å²) in [6.07, 6.45) is 3.78. The van der Waals surface area contributed by atoms with Gasteiger partial charge in [-0.25, -0.2) is 4.98 Å². The molecule has 106 valence electrons. The molecule has 0 amide bonds. The quantitative estimate of drug-likeness (QED) is 0.503. The minimum absolute atomic E-state index is 0.522. The number of hydrogen-bond acceptors (Lipinski definition) is 2. The van der Waals surface area contributed by atoms with Crippen molar-refractivity contribution in [3.8, 4) is 0 Å². The molecule has 22 heavy (non-hydrogen) atoms. The molecule has 3 aromatic rings. The van der Waals surface area contributed by atoms with Crippen LogP contribution in [0.2, 0.25) is 5.15 Å². The molecule has 0 saturated carbocycles. The SMILES string of the molecule is O=Cc1ccc2c(c1)C=C(c1cc3ccccc3nc1Cl)C2. The Kier molecular flexibility index (Phi) is 3.05. The van der Waals surface area contributed by atoms with Crippen LogP contribution in [0.1, 0.15) is 27.0 Å². The fourth-order valence-corrected chi connectivity index (χ4v) is 3.18. The van der Waals surface area contributed by atoms with Gasteiger partial charge in [0.25, 0.3) is 0 Å². The van der Waals surface area contributed by atoms with Crippen LogP contribution in [-0.4, -0.2) is 11.3 Å². The molecule has 1 aromatic heterocycles. The van der Waals surface area contributed by atoms with E-state index in [0.717, 1.165) is 40.3 Å². The topological polar surface area (TPSA) is 30.0 Å². The minimum atomic E-state index is 0.522. The van der Waals surface area contributed by atoms with Crippen molar-refractivity contribution in [3.63, 3.8) is 0 Å². The van der Waals surface area contributed by atoms with Crippen LogP contribution in [0.15, 0.2) is 48.5 Å². The van der Waals surface area contributed by atoms with Crippen molar-refractivity contribution in [1.82, 2.24) is 4.98 Å². The maximum atomic E-state index is 10.9. The molecule has 0 spiro atoms. The third kappa shape index (κ3) is 2.13. The van der Waals surface area contributed by atoms with Crippen molar-refractivity contribution in [2.24, 2.45) is 0 Å². The number of halogens is 1. The number of allylic oxidation sites excluding steroid dienone is 1. The van der Waals surface area contributed by atoms with E-state index in [1.54, 1.807) is 0 Å². The van der Waals surface area contributed by atoms with Crippen LogP contribution in [0.25, 0.3) is 22.6 Å². The molecule has 1 heterocycles. The smallest absolute Gasteiger partial charge is 0.150 e. The molecular weight excluding hydrogens is 294 g/mol. The number of aldehydes is 1. The third-order valence-corrected chi connectivity index (χ3v) is 4.33. The average Bonchev–Trinajstić information content (AvgIpc) is 2.96. The molecule has 0 unspecified atom stereocenters. The van der Waals surface area contributed by atoms with Gasteiger partial charge in [0, 0.05) is 16.5 Å². The number of pyridine rings is 1. The summed E-state index contributed by atoms with van der Waals surface area (Å²) in [4.78, 5) is 15.4. The van der Waals surface area contributed by atoms with Crippen molar-refractivity contribution in [2.45, 2.75) is 6.42 Å². The van der Waals surface area contributed by atoms with Gasteiger partial charge in [0.05, 0.1) is 5.52 Å². The van der Waals surface area contributed by atoms with Gasteiger partial charge in [-0.3, -0.25) is 4.79 Å². The first-order valence-electron chi connectivity index (χ1n) is 7.09. The second-order valence-electron chi connectivity index (χ2n) is 5.44. The predicted molar refractivity (Wildman–Crippen MR) is 90.2 cm³/mol. The second-order valence-corrected chi connectivity index (χ2v) is 5.80. The lowest BCUT2D eigenvalue weighted by atomic mass is 10.0. The highest BCUT2D eigenvalue weighted by atomic mass is 35.5. The largest absolute Gasteiger partial charge is 0.298 e. The highest BCUT2D eigenvalue weighted by Gasteiger charge is 2.17. The molecular formula is C19H12ClNO. The van der Waals surface area contributed by atoms with Gasteiger partial charge in [0.15, 0.2) is 0 Å². The van der Waals surface area contributed by atoms with E-state index in [0.29, 0.717) is 10.7 Å². The first-order chi connectivity index (χ1) is 10.7. The van der Waals surface area contributed by atoms with Crippen molar-refractivity contribution in [3.05, 3.63) is 75.9 Å². The van der Waals surface area contributed by atoms with Crippen LogP contribution in [0.5, 0.6) is 0 Å². The summed E-state index contributed by atoms with van der Waals surface area (Å²) in [5.41, 5.74) is 5.99. The fraction of sp³-hybridized carbons (Fsp3) is 0.0526. The first-order valence-corrected chi connectivity index (χ1v) is 7.47. The van der Waals surface area contributed by atoms with E-state index in [-0.39, 0.29) is 0 Å². The van der Waals surface area contributed by atoms with Gasteiger partial charge >= 0.3 is 0 Å². The summed E-state index contributed by atoms with van der Waals surface area (Å²) < 4.78 is 0. The lowest BCUT2D eigenvalue weighted by molar-refractivity contribution is 0.112. The van der Waals surface area contributed by atoms with Crippen LogP contribution in [-0.2, 0) is 6.42 Å². The first kappa shape index (κ1) is 13.2. The number of carbonyl (C=O) groups excluding carboxylic acids is 1. The van der Waals surface area contributed by atoms with E-state index in [4.69, 9.17) is 11.6 Å². The Hall–Kier alpha value is -2.45. The molecule has 0 aliphatic heterocycles. The Bertz CT molecular complexity index is 943. The lowest BCUT2D eigenvalue weighted by Gasteiger charge is -2.07. The summed E-state index contributed by atoms with van der Waals surface area (Å²) in [5.74, 6) is 0. The fourth-order valence-electron chi connectivity index (χ4n) is 2.92. The van der Waals surface area contributed by atoms with Gasteiger partial charge in [-0.15, -0.1) is 0 Å². The Morgan fingerprint density at radius 2 is 1.95 bits per heavy atom. The summed E-state index contributed by atoms with van der Waals surface area (Å²) in [6, 6.07) is 15.8. The zero-order valence-electron chi connectivity index (χ0n) is 11.7. The van der Waals surface area contributed by atoms with Crippen molar-refractivity contribution in [2.75, 3.05) is 0 Å². The number of fused-ring (bicyclic) bond motifs is 2. The normalized spacial score (nSPS) is 13.0. The summed E-state index contributed by atoms with van der Waals surface area (Å²) in [7, 11) is 0. The molecule has 0 fully saturated rings. The molecule has 0 saturated heterocycles. The van der Waals surface area contributed by atoms with E-state index >= 15 is 0 Å². The zero-order valence-corrected chi connectivity index (χ0v) is 12.5. The molecule has 2 aromatic carbocycles. The van der Waals surface area contributed by atoms with Crippen LogP contribution >= 0.6 is 11.6 Å². The molecule has 4 rings (SSSR count). The van der Waals surface area contributed by atoms with E-state index < -0.39 is 0 Å². The standard InChI is InChI=1S/C19H12ClNO/c20-19-17(10-14-3-1-2-4-18(14)21-19)16-8-13-6-5-12(11-22)7-15(13)9-16/h1-7,9-11H,8H2. The van der Waals surface area contributed by atoms with Crippen molar-refractivity contribution in [1.29, 1.82) is 0 Å². The van der Waals surface area contributed by atoms with Crippen LogP contribution in [0, 0.1) is 0 Å². The molecule has 0 radical (unpaired) electrons. The predicted octanol–water partition coefficient (Wildman–Crippen LogP) is 4.80. The zero-order chi connectivity index (χ0) is 15.1. The number of para-hydroxylation sites is 1. The monoisotopic (exact) mass is 305 g/mol. The molecule has 0 atom stereocenters. The number of carbonyl (C=O) groups is 1. The summed E-state index contributed by atoms with van der Waals surface area (Å²) >= 11 is 6.38. The molecule has 2 nitrogen and oxygen atoms in total. The van der Waals surface area contributed by atoms with Gasteiger partial charge < -0.3 is 0 Å². The Morgan fingerprint density at radius 3 is 2.82 bits per heavy atom. The van der Waals surface area contributed by atoms with Gasteiger partial charge in [-0.05, 0) is 41.3 Å². The number of benzene rings is 2. The lowest BCUT2D eigenvalue weighted by Crippen LogP contribution is -1.91. The summed E-state index contributed by atoms with van der Waals surface area (Å²) in [6.45, 7) is 0. The van der Waals surface area contributed by atoms with Gasteiger partial charge in [0.2, 0.25) is 0 Å². The summed E-state index contributed by atoms with van der Waals surface area (Å²) in [5, 5.41) is 1.60. The number of rotatable bonds is 2. The maximum Gasteiger partial charge on any atom is 0.150 e. The van der Waals surface area contributed by atoms with Crippen molar-refractivity contribution < 1.29 is 4.79 Å². The molecule has 3 heteroatoms. The minimum Gasteiger partial charge on any atom is -0.298 e. The molecule has 0 bridgehead atoms. The van der Waals surface area contributed by atoms with Gasteiger partial charge in [0.1, 0.15) is 11.4 Å². The molecule has 1 aliphatic rings. The maximum absolute atomic E-state index is 10.9. The molecule has 1 aliphatic carbocycles. The van der Waals surface area contributed by atoms with Gasteiger partial charge in [-0.2, -0.15) is 0 Å².